The van der Waals surface area contributed by atoms with E-state index in [-0.39, 0.29) is 23.4 Å². The number of carbonyl (C=O) groups is 1. The zero-order valence-corrected chi connectivity index (χ0v) is 13.0. The fourth-order valence-corrected chi connectivity index (χ4v) is 2.71. The molecule has 0 spiro atoms. The van der Waals surface area contributed by atoms with Gasteiger partial charge in [-0.2, -0.15) is 18.3 Å². The predicted octanol–water partition coefficient (Wildman–Crippen LogP) is 2.87. The fourth-order valence-electron chi connectivity index (χ4n) is 2.71. The van der Waals surface area contributed by atoms with Crippen LogP contribution in [0.25, 0.3) is 5.57 Å². The summed E-state index contributed by atoms with van der Waals surface area (Å²) in [5, 5.41) is 3.76. The van der Waals surface area contributed by atoms with E-state index in [4.69, 9.17) is 4.74 Å². The maximum absolute atomic E-state index is 13.5. The van der Waals surface area contributed by atoms with Crippen LogP contribution in [0, 0.1) is 0 Å². The fraction of sp³-hybridized carbons (Fsp3) is 0.375. The molecule has 1 amide bonds. The van der Waals surface area contributed by atoms with Crippen molar-refractivity contribution in [3.8, 4) is 0 Å². The molecule has 3 rings (SSSR count). The van der Waals surface area contributed by atoms with Crippen LogP contribution in [0.4, 0.5) is 18.0 Å². The second kappa shape index (κ2) is 6.27. The molecule has 1 aromatic rings. The van der Waals surface area contributed by atoms with Gasteiger partial charge in [-0.15, -0.1) is 0 Å². The van der Waals surface area contributed by atoms with Gasteiger partial charge >= 0.3 is 12.3 Å². The summed E-state index contributed by atoms with van der Waals surface area (Å²) < 4.78 is 45.3. The molecular formula is C16H16F3N3O2. The molecule has 0 saturated heterocycles. The predicted molar refractivity (Wildman–Crippen MR) is 82.6 cm³/mol. The molecule has 0 fully saturated rings. The van der Waals surface area contributed by atoms with Crippen molar-refractivity contribution in [2.75, 3.05) is 26.7 Å². The number of cyclic esters (lactones) is 1. The summed E-state index contributed by atoms with van der Waals surface area (Å²) in [6.07, 6.45) is -2.80. The number of alkyl halides is 3. The molecule has 1 N–H and O–H groups in total. The summed E-state index contributed by atoms with van der Waals surface area (Å²) in [7, 11) is 1.93. The van der Waals surface area contributed by atoms with Crippen molar-refractivity contribution in [3.05, 3.63) is 41.0 Å². The third-order valence-electron chi connectivity index (χ3n) is 4.04. The van der Waals surface area contributed by atoms with E-state index < -0.39 is 17.8 Å². The standard InChI is InChI=1S/C16H16F3N3O2/c1-22-6-4-10(5-7-22)12-3-2-11(8-13(12)16(17,18)19)14-9-24-15(23)21-20-14/h2-4,8H,5-7,9H2,1H3,(H,21,23). The molecule has 0 aromatic heterocycles. The number of nitrogens with one attached hydrogen (secondary N) is 1. The third-order valence-corrected chi connectivity index (χ3v) is 4.04. The summed E-state index contributed by atoms with van der Waals surface area (Å²) in [4.78, 5) is 13.0. The van der Waals surface area contributed by atoms with E-state index in [1.54, 1.807) is 6.07 Å². The van der Waals surface area contributed by atoms with Gasteiger partial charge in [-0.3, -0.25) is 0 Å². The first-order valence-electron chi connectivity index (χ1n) is 7.43. The Kier molecular flexibility index (Phi) is 4.31. The van der Waals surface area contributed by atoms with Gasteiger partial charge in [0.2, 0.25) is 0 Å². The number of hydrogen-bond acceptors (Lipinski definition) is 4. The Morgan fingerprint density at radius 1 is 1.33 bits per heavy atom. The van der Waals surface area contributed by atoms with Crippen LogP contribution in [-0.4, -0.2) is 43.4 Å². The summed E-state index contributed by atoms with van der Waals surface area (Å²) in [5.41, 5.74) is 2.82. The van der Waals surface area contributed by atoms with Gasteiger partial charge in [0.1, 0.15) is 12.3 Å². The van der Waals surface area contributed by atoms with E-state index in [1.807, 2.05) is 18.0 Å². The Labute approximate surface area is 136 Å². The molecule has 2 aliphatic heterocycles. The van der Waals surface area contributed by atoms with Crippen molar-refractivity contribution in [3.63, 3.8) is 0 Å². The van der Waals surface area contributed by atoms with Crippen molar-refractivity contribution in [1.82, 2.24) is 10.3 Å². The van der Waals surface area contributed by atoms with Gasteiger partial charge in [0, 0.05) is 18.7 Å². The second-order valence-corrected chi connectivity index (χ2v) is 5.75. The largest absolute Gasteiger partial charge is 0.442 e. The summed E-state index contributed by atoms with van der Waals surface area (Å²) >= 11 is 0. The average molecular weight is 339 g/mol. The van der Waals surface area contributed by atoms with E-state index in [0.717, 1.165) is 12.6 Å². The third kappa shape index (κ3) is 3.43. The van der Waals surface area contributed by atoms with Crippen LogP contribution in [0.1, 0.15) is 23.1 Å². The molecule has 0 radical (unpaired) electrons. The summed E-state index contributed by atoms with van der Waals surface area (Å²) in [6.45, 7) is 1.19. The lowest BCUT2D eigenvalue weighted by molar-refractivity contribution is -0.137. The molecule has 5 nitrogen and oxygen atoms in total. The first kappa shape index (κ1) is 16.5. The molecule has 24 heavy (non-hydrogen) atoms. The first-order valence-corrected chi connectivity index (χ1v) is 7.43. The smallest absolute Gasteiger partial charge is 0.428 e. The van der Waals surface area contributed by atoms with Crippen molar-refractivity contribution >= 4 is 17.4 Å². The minimum absolute atomic E-state index is 0.157. The Morgan fingerprint density at radius 2 is 2.12 bits per heavy atom. The number of carbonyl (C=O) groups excluding carboxylic acids is 1. The zero-order chi connectivity index (χ0) is 17.3. The first-order chi connectivity index (χ1) is 11.3. The number of rotatable bonds is 2. The van der Waals surface area contributed by atoms with Gasteiger partial charge < -0.3 is 9.64 Å². The number of benzene rings is 1. The molecule has 8 heteroatoms. The maximum Gasteiger partial charge on any atom is 0.428 e. The zero-order valence-electron chi connectivity index (χ0n) is 13.0. The lowest BCUT2D eigenvalue weighted by atomic mass is 9.92. The van der Waals surface area contributed by atoms with Gasteiger partial charge in [-0.25, -0.2) is 10.2 Å². The average Bonchev–Trinajstić information content (AvgIpc) is 2.55. The highest BCUT2D eigenvalue weighted by molar-refractivity contribution is 6.04. The molecule has 2 aliphatic rings. The number of hydrazone groups is 1. The molecule has 0 unspecified atom stereocenters. The van der Waals surface area contributed by atoms with Crippen LogP contribution in [0.3, 0.4) is 0 Å². The Morgan fingerprint density at radius 3 is 2.71 bits per heavy atom. The highest BCUT2D eigenvalue weighted by atomic mass is 19.4. The second-order valence-electron chi connectivity index (χ2n) is 5.75. The minimum atomic E-state index is -4.48. The molecule has 0 aliphatic carbocycles. The van der Waals surface area contributed by atoms with Crippen molar-refractivity contribution in [2.45, 2.75) is 12.6 Å². The van der Waals surface area contributed by atoms with Crippen LogP contribution >= 0.6 is 0 Å². The number of amides is 1. The van der Waals surface area contributed by atoms with Gasteiger partial charge in [0.15, 0.2) is 0 Å². The number of likely N-dealkylation sites (N-methyl/N-ethyl adjacent to an activating group) is 1. The molecular weight excluding hydrogens is 323 g/mol. The summed E-state index contributed by atoms with van der Waals surface area (Å²) in [6, 6.07) is 4.10. The van der Waals surface area contributed by atoms with E-state index >= 15 is 0 Å². The number of halogens is 3. The monoisotopic (exact) mass is 339 g/mol. The maximum atomic E-state index is 13.5. The van der Waals surface area contributed by atoms with Crippen molar-refractivity contribution in [2.24, 2.45) is 5.10 Å². The van der Waals surface area contributed by atoms with E-state index in [0.29, 0.717) is 18.5 Å². The summed E-state index contributed by atoms with van der Waals surface area (Å²) in [5.74, 6) is 0. The number of nitrogens with zero attached hydrogens (tertiary/aromatic N) is 2. The molecule has 1 aromatic carbocycles. The number of ether oxygens (including phenoxy) is 1. The Bertz CT molecular complexity index is 726. The molecule has 2 heterocycles. The van der Waals surface area contributed by atoms with Crippen LogP contribution in [0.2, 0.25) is 0 Å². The van der Waals surface area contributed by atoms with E-state index in [1.165, 1.54) is 6.07 Å². The van der Waals surface area contributed by atoms with E-state index in [2.05, 4.69) is 10.5 Å². The van der Waals surface area contributed by atoms with Crippen LogP contribution < -0.4 is 5.43 Å². The highest BCUT2D eigenvalue weighted by Crippen LogP contribution is 2.37. The molecule has 128 valence electrons. The van der Waals surface area contributed by atoms with Gasteiger partial charge in [0.05, 0.1) is 5.56 Å². The lowest BCUT2D eigenvalue weighted by Crippen LogP contribution is -2.31. The Hall–Kier alpha value is -2.35. The van der Waals surface area contributed by atoms with Crippen molar-refractivity contribution in [1.29, 1.82) is 0 Å². The van der Waals surface area contributed by atoms with Crippen LogP contribution in [-0.2, 0) is 10.9 Å². The Balaban J connectivity index is 2.00. The molecule has 0 atom stereocenters. The van der Waals surface area contributed by atoms with Crippen LogP contribution in [0.15, 0.2) is 29.4 Å². The quantitative estimate of drug-likeness (QED) is 0.901. The number of hydrogen-bond donors (Lipinski definition) is 1. The normalized spacial score (nSPS) is 19.2. The molecule has 0 saturated carbocycles. The van der Waals surface area contributed by atoms with Crippen LogP contribution in [0.5, 0.6) is 0 Å². The van der Waals surface area contributed by atoms with E-state index in [9.17, 15) is 18.0 Å². The topological polar surface area (TPSA) is 53.9 Å². The highest BCUT2D eigenvalue weighted by Gasteiger charge is 2.35. The van der Waals surface area contributed by atoms with Crippen molar-refractivity contribution < 1.29 is 22.7 Å². The van der Waals surface area contributed by atoms with Gasteiger partial charge in [-0.1, -0.05) is 18.2 Å². The SMILES string of the molecule is CN1CC=C(c2ccc(C3=NNC(=O)OC3)cc2C(F)(F)F)CC1. The van der Waals surface area contributed by atoms with Gasteiger partial charge in [-0.05, 0) is 30.7 Å². The van der Waals surface area contributed by atoms with Gasteiger partial charge in [0.25, 0.3) is 0 Å². The minimum Gasteiger partial charge on any atom is -0.442 e. The lowest BCUT2D eigenvalue weighted by Gasteiger charge is -2.24. The molecule has 0 bridgehead atoms.